The highest BCUT2D eigenvalue weighted by Gasteiger charge is 2.31. The summed E-state index contributed by atoms with van der Waals surface area (Å²) >= 11 is 0. The predicted octanol–water partition coefficient (Wildman–Crippen LogP) is 1.52. The summed E-state index contributed by atoms with van der Waals surface area (Å²) < 4.78 is 0. The lowest BCUT2D eigenvalue weighted by Gasteiger charge is -2.30. The van der Waals surface area contributed by atoms with Crippen molar-refractivity contribution in [2.75, 3.05) is 0 Å². The summed E-state index contributed by atoms with van der Waals surface area (Å²) in [6, 6.07) is 10.4. The van der Waals surface area contributed by atoms with E-state index in [0.717, 1.165) is 18.4 Å². The highest BCUT2D eigenvalue weighted by molar-refractivity contribution is 5.18. The lowest BCUT2D eigenvalue weighted by atomic mass is 9.79. The van der Waals surface area contributed by atoms with Crippen molar-refractivity contribution in [2.45, 2.75) is 37.8 Å². The van der Waals surface area contributed by atoms with Crippen molar-refractivity contribution in [1.29, 1.82) is 0 Å². The van der Waals surface area contributed by atoms with Crippen LogP contribution < -0.4 is 5.73 Å². The number of quaternary nitrogens is 1. The van der Waals surface area contributed by atoms with Crippen LogP contribution in [0.1, 0.15) is 37.4 Å². The van der Waals surface area contributed by atoms with Gasteiger partial charge >= 0.3 is 0 Å². The third kappa shape index (κ3) is 2.39. The molecule has 82 valence electrons. The van der Waals surface area contributed by atoms with E-state index in [1.54, 1.807) is 0 Å². The molecule has 0 aromatic heterocycles. The van der Waals surface area contributed by atoms with Crippen LogP contribution in [-0.2, 0) is 0 Å². The second kappa shape index (κ2) is 4.77. The van der Waals surface area contributed by atoms with Crippen LogP contribution in [0, 0.1) is 5.92 Å². The zero-order chi connectivity index (χ0) is 10.7. The Morgan fingerprint density at radius 2 is 1.80 bits per heavy atom. The molecule has 2 nitrogen and oxygen atoms in total. The Morgan fingerprint density at radius 3 is 2.47 bits per heavy atom. The largest absolute Gasteiger partial charge is 0.388 e. The van der Waals surface area contributed by atoms with Gasteiger partial charge in [0.15, 0.2) is 0 Å². The molecule has 0 amide bonds. The summed E-state index contributed by atoms with van der Waals surface area (Å²) in [4.78, 5) is 0. The molecule has 0 spiro atoms. The third-order valence-corrected chi connectivity index (χ3v) is 3.51. The molecule has 1 aromatic rings. The number of aliphatic hydroxyl groups excluding tert-OH is 1. The number of hydrogen-bond acceptors (Lipinski definition) is 1. The van der Waals surface area contributed by atoms with Gasteiger partial charge in [0, 0.05) is 5.92 Å². The predicted molar refractivity (Wildman–Crippen MR) is 60.0 cm³/mol. The number of benzene rings is 1. The average molecular weight is 206 g/mol. The van der Waals surface area contributed by atoms with Crippen molar-refractivity contribution < 1.29 is 10.8 Å². The SMILES string of the molecule is [NH3+][C@H]1CCCC[C@H]1[C@@H](O)c1ccccc1. The van der Waals surface area contributed by atoms with Gasteiger partial charge in [-0.15, -0.1) is 0 Å². The Balaban J connectivity index is 2.09. The van der Waals surface area contributed by atoms with Gasteiger partial charge in [-0.2, -0.15) is 0 Å². The summed E-state index contributed by atoms with van der Waals surface area (Å²) in [5.74, 6) is 0.348. The van der Waals surface area contributed by atoms with Gasteiger partial charge < -0.3 is 10.8 Å². The molecule has 0 unspecified atom stereocenters. The van der Waals surface area contributed by atoms with E-state index in [2.05, 4.69) is 5.73 Å². The van der Waals surface area contributed by atoms with Crippen LogP contribution >= 0.6 is 0 Å². The molecule has 2 heteroatoms. The first-order valence-electron chi connectivity index (χ1n) is 5.85. The Hall–Kier alpha value is -0.860. The van der Waals surface area contributed by atoms with E-state index in [4.69, 9.17) is 0 Å². The summed E-state index contributed by atoms with van der Waals surface area (Å²) in [7, 11) is 0. The molecule has 2 rings (SSSR count). The van der Waals surface area contributed by atoms with E-state index in [-0.39, 0.29) is 6.10 Å². The highest BCUT2D eigenvalue weighted by Crippen LogP contribution is 2.32. The molecular formula is C13H20NO+. The minimum absolute atomic E-state index is 0.325. The second-order valence-electron chi connectivity index (χ2n) is 4.56. The second-order valence-corrected chi connectivity index (χ2v) is 4.56. The Bertz CT molecular complexity index is 299. The lowest BCUT2D eigenvalue weighted by Crippen LogP contribution is -2.66. The minimum Gasteiger partial charge on any atom is -0.388 e. The van der Waals surface area contributed by atoms with Crippen molar-refractivity contribution >= 4 is 0 Å². The van der Waals surface area contributed by atoms with E-state index in [1.165, 1.54) is 12.8 Å². The van der Waals surface area contributed by atoms with Crippen molar-refractivity contribution in [3.8, 4) is 0 Å². The van der Waals surface area contributed by atoms with Gasteiger partial charge in [0.2, 0.25) is 0 Å². The number of aliphatic hydroxyl groups is 1. The maximum atomic E-state index is 10.3. The van der Waals surface area contributed by atoms with E-state index in [9.17, 15) is 5.11 Å². The zero-order valence-electron chi connectivity index (χ0n) is 9.10. The standard InChI is InChI=1S/C13H19NO/c14-12-9-5-4-8-11(12)13(15)10-6-2-1-3-7-10/h1-3,6-7,11-13,15H,4-5,8-9,14H2/p+1/t11-,12+,13+/m1/s1. The van der Waals surface area contributed by atoms with Gasteiger partial charge in [-0.25, -0.2) is 0 Å². The zero-order valence-corrected chi connectivity index (χ0v) is 9.10. The molecule has 0 saturated heterocycles. The smallest absolute Gasteiger partial charge is 0.0900 e. The lowest BCUT2D eigenvalue weighted by molar-refractivity contribution is -0.443. The number of rotatable bonds is 2. The molecule has 1 saturated carbocycles. The molecule has 1 aliphatic rings. The van der Waals surface area contributed by atoms with E-state index in [1.807, 2.05) is 30.3 Å². The van der Waals surface area contributed by atoms with Crippen molar-refractivity contribution in [3.63, 3.8) is 0 Å². The summed E-state index contributed by atoms with van der Waals surface area (Å²) in [6.45, 7) is 0. The van der Waals surface area contributed by atoms with Gasteiger partial charge in [0.25, 0.3) is 0 Å². The molecule has 0 radical (unpaired) electrons. The third-order valence-electron chi connectivity index (χ3n) is 3.51. The van der Waals surface area contributed by atoms with Gasteiger partial charge in [-0.3, -0.25) is 0 Å². The maximum absolute atomic E-state index is 10.3. The van der Waals surface area contributed by atoms with Crippen LogP contribution in [-0.4, -0.2) is 11.1 Å². The van der Waals surface area contributed by atoms with Gasteiger partial charge in [0.05, 0.1) is 12.1 Å². The Morgan fingerprint density at radius 1 is 1.13 bits per heavy atom. The van der Waals surface area contributed by atoms with Crippen LogP contribution in [0.4, 0.5) is 0 Å². The van der Waals surface area contributed by atoms with Crippen LogP contribution in [0.25, 0.3) is 0 Å². The van der Waals surface area contributed by atoms with Crippen LogP contribution in [0.5, 0.6) is 0 Å². The van der Waals surface area contributed by atoms with Gasteiger partial charge in [0.1, 0.15) is 0 Å². The molecule has 15 heavy (non-hydrogen) atoms. The van der Waals surface area contributed by atoms with E-state index < -0.39 is 0 Å². The van der Waals surface area contributed by atoms with Crippen molar-refractivity contribution in [1.82, 2.24) is 0 Å². The minimum atomic E-state index is -0.325. The fraction of sp³-hybridized carbons (Fsp3) is 0.538. The molecule has 1 aromatic carbocycles. The molecule has 3 atom stereocenters. The Labute approximate surface area is 91.1 Å². The molecule has 0 heterocycles. The molecular weight excluding hydrogens is 186 g/mol. The Kier molecular flexibility index (Phi) is 3.39. The first-order chi connectivity index (χ1) is 7.29. The summed E-state index contributed by atoms with van der Waals surface area (Å²) in [6.07, 6.45) is 4.46. The average Bonchev–Trinajstić information content (AvgIpc) is 2.30. The monoisotopic (exact) mass is 206 g/mol. The molecule has 0 aliphatic heterocycles. The maximum Gasteiger partial charge on any atom is 0.0900 e. The quantitative estimate of drug-likeness (QED) is 0.757. The normalized spacial score (nSPS) is 28.7. The van der Waals surface area contributed by atoms with Gasteiger partial charge in [-0.1, -0.05) is 36.8 Å². The number of hydrogen-bond donors (Lipinski definition) is 2. The molecule has 1 fully saturated rings. The van der Waals surface area contributed by atoms with Crippen molar-refractivity contribution in [3.05, 3.63) is 35.9 Å². The first kappa shape index (κ1) is 10.7. The topological polar surface area (TPSA) is 47.9 Å². The fourth-order valence-corrected chi connectivity index (χ4v) is 2.55. The fourth-order valence-electron chi connectivity index (χ4n) is 2.55. The molecule has 0 bridgehead atoms. The highest BCUT2D eigenvalue weighted by atomic mass is 16.3. The summed E-state index contributed by atoms with van der Waals surface area (Å²) in [5, 5.41) is 10.3. The van der Waals surface area contributed by atoms with Gasteiger partial charge in [-0.05, 0) is 24.8 Å². The molecule has 4 N–H and O–H groups in total. The summed E-state index contributed by atoms with van der Waals surface area (Å²) in [5.41, 5.74) is 5.21. The molecule has 1 aliphatic carbocycles. The van der Waals surface area contributed by atoms with Crippen LogP contribution in [0.3, 0.4) is 0 Å². The first-order valence-corrected chi connectivity index (χ1v) is 5.85. The van der Waals surface area contributed by atoms with E-state index in [0.29, 0.717) is 12.0 Å². The van der Waals surface area contributed by atoms with E-state index >= 15 is 0 Å². The van der Waals surface area contributed by atoms with Crippen LogP contribution in [0.2, 0.25) is 0 Å². The van der Waals surface area contributed by atoms with Crippen molar-refractivity contribution in [2.24, 2.45) is 5.92 Å². The van der Waals surface area contributed by atoms with Crippen LogP contribution in [0.15, 0.2) is 30.3 Å².